The van der Waals surface area contributed by atoms with Gasteiger partial charge in [0, 0.05) is 22.6 Å². The Morgan fingerprint density at radius 2 is 1.94 bits per heavy atom. The first-order valence-corrected chi connectivity index (χ1v) is 7.31. The molecule has 18 heavy (non-hydrogen) atoms. The van der Waals surface area contributed by atoms with Crippen molar-refractivity contribution in [2.24, 2.45) is 0 Å². The molecule has 0 saturated heterocycles. The van der Waals surface area contributed by atoms with Gasteiger partial charge in [0.05, 0.1) is 11.1 Å². The van der Waals surface area contributed by atoms with Crippen molar-refractivity contribution in [3.05, 3.63) is 27.2 Å². The summed E-state index contributed by atoms with van der Waals surface area (Å²) in [6.07, 6.45) is 3.51. The van der Waals surface area contributed by atoms with E-state index in [1.54, 1.807) is 6.07 Å². The molecular weight excluding hydrogens is 318 g/mol. The quantitative estimate of drug-likeness (QED) is 0.795. The molecule has 1 aromatic carbocycles. The van der Waals surface area contributed by atoms with Crippen molar-refractivity contribution in [1.29, 1.82) is 0 Å². The zero-order chi connectivity index (χ0) is 13.1. The molecule has 0 atom stereocenters. The Morgan fingerprint density at radius 3 is 2.61 bits per heavy atom. The van der Waals surface area contributed by atoms with Crippen molar-refractivity contribution in [2.75, 3.05) is 0 Å². The van der Waals surface area contributed by atoms with Gasteiger partial charge >= 0.3 is 0 Å². The third-order valence-corrected chi connectivity index (χ3v) is 4.13. The maximum Gasteiger partial charge on any atom is 0.138 e. The molecule has 0 aromatic heterocycles. The van der Waals surface area contributed by atoms with Crippen LogP contribution in [-0.4, -0.2) is 22.4 Å². The summed E-state index contributed by atoms with van der Waals surface area (Å²) in [6, 6.07) is 3.95. The lowest BCUT2D eigenvalue weighted by Crippen LogP contribution is -2.34. The van der Waals surface area contributed by atoms with E-state index in [0.717, 1.165) is 35.7 Å². The monoisotopic (exact) mass is 333 g/mol. The zero-order valence-corrected chi connectivity index (χ0v) is 12.3. The van der Waals surface area contributed by atoms with Gasteiger partial charge in [-0.25, -0.2) is 0 Å². The van der Waals surface area contributed by atoms with E-state index in [-0.39, 0.29) is 11.9 Å². The van der Waals surface area contributed by atoms with Gasteiger partial charge in [-0.3, -0.25) is 0 Å². The molecule has 5 heteroatoms. The number of halogens is 2. The van der Waals surface area contributed by atoms with Crippen molar-refractivity contribution < 1.29 is 10.2 Å². The minimum atomic E-state index is -0.142. The van der Waals surface area contributed by atoms with Gasteiger partial charge in [-0.2, -0.15) is 0 Å². The molecule has 100 valence electrons. The number of hydrogen-bond acceptors (Lipinski definition) is 3. The Balaban J connectivity index is 1.94. The molecular formula is C13H17BrClNO2. The fraction of sp³-hybridized carbons (Fsp3) is 0.538. The number of nitrogens with one attached hydrogen (secondary N) is 1. The van der Waals surface area contributed by atoms with Crippen molar-refractivity contribution in [3.8, 4) is 5.75 Å². The van der Waals surface area contributed by atoms with Gasteiger partial charge in [-0.05, 0) is 37.8 Å². The largest absolute Gasteiger partial charge is 0.506 e. The van der Waals surface area contributed by atoms with Gasteiger partial charge in [0.15, 0.2) is 0 Å². The lowest BCUT2D eigenvalue weighted by atomic mass is 9.93. The van der Waals surface area contributed by atoms with E-state index < -0.39 is 0 Å². The molecule has 1 aliphatic rings. The summed E-state index contributed by atoms with van der Waals surface area (Å²) in [6.45, 7) is 0.589. The molecule has 3 N–H and O–H groups in total. The molecule has 2 rings (SSSR count). The SMILES string of the molecule is Oc1c(Cl)cc(Br)cc1CNC1CCC(O)CC1. The number of benzene rings is 1. The molecule has 0 spiro atoms. The number of phenolic OH excluding ortho intramolecular Hbond substituents is 1. The van der Waals surface area contributed by atoms with Crippen LogP contribution in [0.25, 0.3) is 0 Å². The van der Waals surface area contributed by atoms with Crippen LogP contribution in [0.1, 0.15) is 31.2 Å². The third-order valence-electron chi connectivity index (χ3n) is 3.39. The first-order valence-electron chi connectivity index (χ1n) is 6.14. The number of hydrogen-bond donors (Lipinski definition) is 3. The second-order valence-electron chi connectivity index (χ2n) is 4.78. The first-order chi connectivity index (χ1) is 8.56. The average molecular weight is 335 g/mol. The Labute approximate surface area is 120 Å². The van der Waals surface area contributed by atoms with Gasteiger partial charge in [0.2, 0.25) is 0 Å². The van der Waals surface area contributed by atoms with Gasteiger partial charge in [-0.15, -0.1) is 0 Å². The van der Waals surface area contributed by atoms with Crippen LogP contribution in [0, 0.1) is 0 Å². The van der Waals surface area contributed by atoms with E-state index in [2.05, 4.69) is 21.2 Å². The highest BCUT2D eigenvalue weighted by atomic mass is 79.9. The topological polar surface area (TPSA) is 52.5 Å². The van der Waals surface area contributed by atoms with Crippen LogP contribution in [0.5, 0.6) is 5.75 Å². The van der Waals surface area contributed by atoms with Crippen molar-refractivity contribution in [3.63, 3.8) is 0 Å². The van der Waals surface area contributed by atoms with Gasteiger partial charge in [0.1, 0.15) is 5.75 Å². The third kappa shape index (κ3) is 3.60. The Hall–Kier alpha value is -0.290. The molecule has 1 fully saturated rings. The number of aromatic hydroxyl groups is 1. The molecule has 0 heterocycles. The maximum absolute atomic E-state index is 9.86. The van der Waals surface area contributed by atoms with Crippen LogP contribution in [-0.2, 0) is 6.54 Å². The van der Waals surface area contributed by atoms with Gasteiger partial charge in [0.25, 0.3) is 0 Å². The summed E-state index contributed by atoms with van der Waals surface area (Å²) in [5.74, 6) is 0.142. The van der Waals surface area contributed by atoms with Crippen LogP contribution in [0.3, 0.4) is 0 Å². The standard InChI is InChI=1S/C13H17BrClNO2/c14-9-5-8(13(18)12(15)6-9)7-16-10-1-3-11(17)4-2-10/h5-6,10-11,16-18H,1-4,7H2. The van der Waals surface area contributed by atoms with Crippen LogP contribution < -0.4 is 5.32 Å². The Bertz CT molecular complexity index is 420. The average Bonchev–Trinajstić information content (AvgIpc) is 2.34. The molecule has 3 nitrogen and oxygen atoms in total. The summed E-state index contributed by atoms with van der Waals surface area (Å²) in [7, 11) is 0. The van der Waals surface area contributed by atoms with E-state index >= 15 is 0 Å². The molecule has 0 unspecified atom stereocenters. The summed E-state index contributed by atoms with van der Waals surface area (Å²) in [5.41, 5.74) is 0.792. The highest BCUT2D eigenvalue weighted by Crippen LogP contribution is 2.31. The second kappa shape index (κ2) is 6.24. The summed E-state index contributed by atoms with van der Waals surface area (Å²) in [5, 5.41) is 23.1. The number of aliphatic hydroxyl groups excluding tert-OH is 1. The van der Waals surface area contributed by atoms with Crippen LogP contribution in [0.15, 0.2) is 16.6 Å². The Kier molecular flexibility index (Phi) is 4.90. The van der Waals surface area contributed by atoms with Crippen molar-refractivity contribution in [2.45, 2.75) is 44.4 Å². The van der Waals surface area contributed by atoms with E-state index in [9.17, 15) is 10.2 Å². The highest BCUT2D eigenvalue weighted by molar-refractivity contribution is 9.10. The minimum absolute atomic E-state index is 0.142. The molecule has 1 aliphatic carbocycles. The maximum atomic E-state index is 9.86. The van der Waals surface area contributed by atoms with Gasteiger partial charge in [-0.1, -0.05) is 27.5 Å². The summed E-state index contributed by atoms with van der Waals surface area (Å²) >= 11 is 9.28. The van der Waals surface area contributed by atoms with E-state index in [0.29, 0.717) is 17.6 Å². The first kappa shape index (κ1) is 14.1. The normalized spacial score (nSPS) is 24.2. The Morgan fingerprint density at radius 1 is 1.28 bits per heavy atom. The molecule has 1 saturated carbocycles. The van der Waals surface area contributed by atoms with Crippen LogP contribution in [0.2, 0.25) is 5.02 Å². The number of phenols is 1. The number of aliphatic hydroxyl groups is 1. The lowest BCUT2D eigenvalue weighted by molar-refractivity contribution is 0.116. The van der Waals surface area contributed by atoms with Crippen LogP contribution in [0.4, 0.5) is 0 Å². The molecule has 1 aromatic rings. The fourth-order valence-corrected chi connectivity index (χ4v) is 3.16. The summed E-state index contributed by atoms with van der Waals surface area (Å²) in [4.78, 5) is 0. The lowest BCUT2D eigenvalue weighted by Gasteiger charge is -2.26. The number of rotatable bonds is 3. The van der Waals surface area contributed by atoms with Crippen molar-refractivity contribution >= 4 is 27.5 Å². The fourth-order valence-electron chi connectivity index (χ4n) is 2.29. The van der Waals surface area contributed by atoms with E-state index in [1.807, 2.05) is 6.07 Å². The molecule has 0 radical (unpaired) electrons. The summed E-state index contributed by atoms with van der Waals surface area (Å²) < 4.78 is 0.862. The predicted molar refractivity (Wildman–Crippen MR) is 75.9 cm³/mol. The van der Waals surface area contributed by atoms with E-state index in [4.69, 9.17) is 11.6 Å². The molecule has 0 bridgehead atoms. The zero-order valence-electron chi connectivity index (χ0n) is 10.00. The van der Waals surface area contributed by atoms with Gasteiger partial charge < -0.3 is 15.5 Å². The highest BCUT2D eigenvalue weighted by Gasteiger charge is 2.19. The smallest absolute Gasteiger partial charge is 0.138 e. The second-order valence-corrected chi connectivity index (χ2v) is 6.10. The minimum Gasteiger partial charge on any atom is -0.506 e. The van der Waals surface area contributed by atoms with Crippen LogP contribution >= 0.6 is 27.5 Å². The van der Waals surface area contributed by atoms with E-state index in [1.165, 1.54) is 0 Å². The molecule has 0 amide bonds. The van der Waals surface area contributed by atoms with Crippen molar-refractivity contribution in [1.82, 2.24) is 5.32 Å². The predicted octanol–water partition coefficient (Wildman–Crippen LogP) is 3.20. The molecule has 0 aliphatic heterocycles.